The highest BCUT2D eigenvalue weighted by Gasteiger charge is 2.01. The number of esters is 1. The molecule has 5 heteroatoms. The number of hydrogen-bond donors (Lipinski definition) is 1. The van der Waals surface area contributed by atoms with Crippen LogP contribution in [-0.4, -0.2) is 48.8 Å². The van der Waals surface area contributed by atoms with Crippen molar-refractivity contribution in [1.29, 1.82) is 0 Å². The molecule has 0 aliphatic carbocycles. The summed E-state index contributed by atoms with van der Waals surface area (Å²) in [7, 11) is 0. The zero-order valence-electron chi connectivity index (χ0n) is 9.15. The van der Waals surface area contributed by atoms with E-state index in [2.05, 4.69) is 11.5 Å². The molecule has 0 unspecified atom stereocenters. The minimum absolute atomic E-state index is 0. The number of halogens is 1. The second kappa shape index (κ2) is 11.9. The second-order valence-electron chi connectivity index (χ2n) is 2.88. The Morgan fingerprint density at radius 1 is 1.53 bits per heavy atom. The Labute approximate surface area is 108 Å². The standard InChI is InChI=1S/C10H19NO3.HI/c1-3-10(13)14-9-5-6-11(4-2)7-8-12;/h3,12H,1,4-9H2,2H3;1H. The summed E-state index contributed by atoms with van der Waals surface area (Å²) in [5.74, 6) is -0.379. The predicted octanol–water partition coefficient (Wildman–Crippen LogP) is 1.04. The van der Waals surface area contributed by atoms with Gasteiger partial charge in [0, 0.05) is 19.2 Å². The summed E-state index contributed by atoms with van der Waals surface area (Å²) in [6.07, 6.45) is 1.94. The molecule has 0 aromatic carbocycles. The fourth-order valence-electron chi connectivity index (χ4n) is 1.09. The van der Waals surface area contributed by atoms with Crippen molar-refractivity contribution in [2.45, 2.75) is 13.3 Å². The number of aliphatic hydroxyl groups is 1. The van der Waals surface area contributed by atoms with Gasteiger partial charge in [-0.2, -0.15) is 0 Å². The molecule has 0 saturated carbocycles. The third-order valence-electron chi connectivity index (χ3n) is 1.89. The molecular weight excluding hydrogens is 309 g/mol. The number of rotatable bonds is 8. The number of carbonyl (C=O) groups is 1. The Bertz CT molecular complexity index is 176. The van der Waals surface area contributed by atoms with E-state index >= 15 is 0 Å². The molecular formula is C10H20INO3. The molecule has 0 rings (SSSR count). The highest BCUT2D eigenvalue weighted by Crippen LogP contribution is 1.92. The summed E-state index contributed by atoms with van der Waals surface area (Å²) in [4.78, 5) is 12.8. The van der Waals surface area contributed by atoms with Crippen LogP contribution in [0.15, 0.2) is 12.7 Å². The maximum Gasteiger partial charge on any atom is 0.330 e. The van der Waals surface area contributed by atoms with Gasteiger partial charge in [0.1, 0.15) is 0 Å². The molecule has 0 amide bonds. The number of carbonyl (C=O) groups excluding carboxylic acids is 1. The molecule has 0 radical (unpaired) electrons. The van der Waals surface area contributed by atoms with E-state index < -0.39 is 0 Å². The van der Waals surface area contributed by atoms with E-state index in [0.717, 1.165) is 25.6 Å². The van der Waals surface area contributed by atoms with Gasteiger partial charge < -0.3 is 14.7 Å². The Hall–Kier alpha value is -0.140. The van der Waals surface area contributed by atoms with Crippen LogP contribution in [0.25, 0.3) is 0 Å². The third kappa shape index (κ3) is 10.1. The smallest absolute Gasteiger partial charge is 0.330 e. The SMILES string of the molecule is C=CC(=O)OCCCN(CC)CCO.I. The highest BCUT2D eigenvalue weighted by atomic mass is 127. The van der Waals surface area contributed by atoms with Gasteiger partial charge in [0.25, 0.3) is 0 Å². The molecule has 1 N–H and O–H groups in total. The molecule has 0 aromatic rings. The first-order valence-electron chi connectivity index (χ1n) is 4.87. The van der Waals surface area contributed by atoms with Crippen molar-refractivity contribution in [3.63, 3.8) is 0 Å². The molecule has 0 atom stereocenters. The van der Waals surface area contributed by atoms with Gasteiger partial charge >= 0.3 is 5.97 Å². The van der Waals surface area contributed by atoms with E-state index in [9.17, 15) is 4.79 Å². The van der Waals surface area contributed by atoms with E-state index in [1.165, 1.54) is 0 Å². The van der Waals surface area contributed by atoms with Crippen molar-refractivity contribution >= 4 is 29.9 Å². The minimum atomic E-state index is -0.379. The van der Waals surface area contributed by atoms with Gasteiger partial charge in [-0.3, -0.25) is 0 Å². The number of likely N-dealkylation sites (N-methyl/N-ethyl adjacent to an activating group) is 1. The molecule has 0 aromatic heterocycles. The summed E-state index contributed by atoms with van der Waals surface area (Å²) in [5, 5.41) is 8.71. The zero-order valence-corrected chi connectivity index (χ0v) is 11.5. The van der Waals surface area contributed by atoms with Crippen molar-refractivity contribution in [2.75, 3.05) is 32.8 Å². The van der Waals surface area contributed by atoms with Gasteiger partial charge in [0.2, 0.25) is 0 Å². The topological polar surface area (TPSA) is 49.8 Å². The van der Waals surface area contributed by atoms with Gasteiger partial charge in [-0.1, -0.05) is 13.5 Å². The maximum absolute atomic E-state index is 10.7. The first-order chi connectivity index (χ1) is 6.74. The van der Waals surface area contributed by atoms with Crippen LogP contribution in [0.2, 0.25) is 0 Å². The Morgan fingerprint density at radius 3 is 2.67 bits per heavy atom. The lowest BCUT2D eigenvalue weighted by molar-refractivity contribution is -0.137. The molecule has 90 valence electrons. The van der Waals surface area contributed by atoms with Crippen LogP contribution in [0, 0.1) is 0 Å². The van der Waals surface area contributed by atoms with Crippen LogP contribution >= 0.6 is 24.0 Å². The lowest BCUT2D eigenvalue weighted by atomic mass is 10.4. The van der Waals surface area contributed by atoms with E-state index in [4.69, 9.17) is 9.84 Å². The summed E-state index contributed by atoms with van der Waals surface area (Å²) >= 11 is 0. The molecule has 0 spiro atoms. The van der Waals surface area contributed by atoms with Crippen molar-refractivity contribution in [2.24, 2.45) is 0 Å². The number of ether oxygens (including phenoxy) is 1. The highest BCUT2D eigenvalue weighted by molar-refractivity contribution is 14.0. The first kappa shape index (κ1) is 17.3. The van der Waals surface area contributed by atoms with E-state index in [-0.39, 0.29) is 36.6 Å². The quantitative estimate of drug-likeness (QED) is 0.313. The summed E-state index contributed by atoms with van der Waals surface area (Å²) in [6.45, 7) is 8.32. The van der Waals surface area contributed by atoms with Gasteiger partial charge in [-0.15, -0.1) is 24.0 Å². The van der Waals surface area contributed by atoms with Crippen LogP contribution in [0.5, 0.6) is 0 Å². The molecule has 0 bridgehead atoms. The fraction of sp³-hybridized carbons (Fsp3) is 0.700. The second-order valence-corrected chi connectivity index (χ2v) is 2.88. The van der Waals surface area contributed by atoms with E-state index in [1.54, 1.807) is 0 Å². The summed E-state index contributed by atoms with van der Waals surface area (Å²) in [5.41, 5.74) is 0. The van der Waals surface area contributed by atoms with Crippen molar-refractivity contribution < 1.29 is 14.6 Å². The van der Waals surface area contributed by atoms with Gasteiger partial charge in [0.05, 0.1) is 13.2 Å². The monoisotopic (exact) mass is 329 g/mol. The first-order valence-corrected chi connectivity index (χ1v) is 4.87. The molecule has 0 aliphatic rings. The van der Waals surface area contributed by atoms with Crippen LogP contribution in [0.4, 0.5) is 0 Å². The normalized spacial score (nSPS) is 9.53. The van der Waals surface area contributed by atoms with Gasteiger partial charge in [-0.25, -0.2) is 4.79 Å². The molecule has 4 nitrogen and oxygen atoms in total. The molecule has 0 saturated heterocycles. The Morgan fingerprint density at radius 2 is 2.20 bits per heavy atom. The molecule has 15 heavy (non-hydrogen) atoms. The fourth-order valence-corrected chi connectivity index (χ4v) is 1.09. The largest absolute Gasteiger partial charge is 0.462 e. The average molecular weight is 329 g/mol. The van der Waals surface area contributed by atoms with Crippen LogP contribution < -0.4 is 0 Å². The van der Waals surface area contributed by atoms with Crippen molar-refractivity contribution in [3.05, 3.63) is 12.7 Å². The van der Waals surface area contributed by atoms with Crippen molar-refractivity contribution in [3.8, 4) is 0 Å². The lowest BCUT2D eigenvalue weighted by Gasteiger charge is -2.18. The van der Waals surface area contributed by atoms with Crippen LogP contribution in [0.1, 0.15) is 13.3 Å². The summed E-state index contributed by atoms with van der Waals surface area (Å²) < 4.78 is 4.82. The molecule has 0 fully saturated rings. The van der Waals surface area contributed by atoms with Gasteiger partial charge in [0.15, 0.2) is 0 Å². The van der Waals surface area contributed by atoms with E-state index in [0.29, 0.717) is 13.2 Å². The number of hydrogen-bond acceptors (Lipinski definition) is 4. The van der Waals surface area contributed by atoms with Crippen molar-refractivity contribution in [1.82, 2.24) is 4.90 Å². The van der Waals surface area contributed by atoms with Crippen LogP contribution in [0.3, 0.4) is 0 Å². The maximum atomic E-state index is 10.7. The minimum Gasteiger partial charge on any atom is -0.462 e. The molecule has 0 heterocycles. The number of nitrogens with zero attached hydrogens (tertiary/aromatic N) is 1. The predicted molar refractivity (Wildman–Crippen MR) is 70.4 cm³/mol. The van der Waals surface area contributed by atoms with E-state index in [1.807, 2.05) is 6.92 Å². The Kier molecular flexibility index (Phi) is 13.7. The molecule has 0 aliphatic heterocycles. The summed E-state index contributed by atoms with van der Waals surface area (Å²) in [6, 6.07) is 0. The third-order valence-corrected chi connectivity index (χ3v) is 1.89. The van der Waals surface area contributed by atoms with Crippen LogP contribution in [-0.2, 0) is 9.53 Å². The van der Waals surface area contributed by atoms with Gasteiger partial charge in [-0.05, 0) is 13.0 Å². The number of aliphatic hydroxyl groups excluding tert-OH is 1. The lowest BCUT2D eigenvalue weighted by Crippen LogP contribution is -2.28. The zero-order chi connectivity index (χ0) is 10.8. The Balaban J connectivity index is 0. The average Bonchev–Trinajstić information content (AvgIpc) is 2.22.